The maximum atomic E-state index is 13.2. The van der Waals surface area contributed by atoms with Crippen molar-refractivity contribution in [3.05, 3.63) is 59.8 Å². The number of halogens is 1. The first kappa shape index (κ1) is 21.0. The third kappa shape index (κ3) is 5.67. The Morgan fingerprint density at radius 1 is 1.10 bits per heavy atom. The Balaban J connectivity index is 1.59. The van der Waals surface area contributed by atoms with E-state index in [2.05, 4.69) is 4.90 Å². The monoisotopic (exact) mass is 401 g/mol. The minimum absolute atomic E-state index is 0.0127. The van der Waals surface area contributed by atoms with E-state index in [1.165, 1.54) is 18.4 Å². The van der Waals surface area contributed by atoms with Crippen LogP contribution in [0.1, 0.15) is 30.0 Å². The van der Waals surface area contributed by atoms with Gasteiger partial charge in [0.15, 0.2) is 5.76 Å². The summed E-state index contributed by atoms with van der Waals surface area (Å²) >= 11 is 0. The Hall–Kier alpha value is -2.67. The van der Waals surface area contributed by atoms with Gasteiger partial charge in [0.25, 0.3) is 5.91 Å². The lowest BCUT2D eigenvalue weighted by molar-refractivity contribution is -0.136. The third-order valence-electron chi connectivity index (χ3n) is 5.17. The Labute approximate surface area is 170 Å². The van der Waals surface area contributed by atoms with Crippen molar-refractivity contribution >= 4 is 11.8 Å². The molecule has 29 heavy (non-hydrogen) atoms. The summed E-state index contributed by atoms with van der Waals surface area (Å²) in [5, 5.41) is 0. The lowest BCUT2D eigenvalue weighted by Crippen LogP contribution is -2.51. The fourth-order valence-electron chi connectivity index (χ4n) is 3.44. The molecule has 156 valence electrons. The normalized spacial score (nSPS) is 15.0. The number of carbonyl (C=O) groups is 2. The van der Waals surface area contributed by atoms with E-state index >= 15 is 0 Å². The average molecular weight is 401 g/mol. The molecule has 3 rings (SSSR count). The summed E-state index contributed by atoms with van der Waals surface area (Å²) in [6.45, 7) is 8.44. The largest absolute Gasteiger partial charge is 0.459 e. The first-order chi connectivity index (χ1) is 13.9. The molecule has 0 radical (unpaired) electrons. The number of hydrogen-bond acceptors (Lipinski definition) is 4. The van der Waals surface area contributed by atoms with Crippen molar-refractivity contribution in [3.63, 3.8) is 0 Å². The molecule has 0 N–H and O–H groups in total. The fourth-order valence-corrected chi connectivity index (χ4v) is 3.44. The standard InChI is InChI=1S/C22H28FN3O3/c1-17(2)21(27)25-12-9-24(10-13-25)11-14-26(22(28)20-4-3-15-29-20)16-18-5-7-19(23)8-6-18/h3-8,15,17H,9-14,16H2,1-2H3. The Morgan fingerprint density at radius 3 is 2.38 bits per heavy atom. The van der Waals surface area contributed by atoms with E-state index in [9.17, 15) is 14.0 Å². The Kier molecular flexibility index (Phi) is 7.04. The van der Waals surface area contributed by atoms with Crippen LogP contribution in [0.5, 0.6) is 0 Å². The number of piperazine rings is 1. The number of benzene rings is 1. The van der Waals surface area contributed by atoms with E-state index in [0.29, 0.717) is 38.5 Å². The van der Waals surface area contributed by atoms with Gasteiger partial charge >= 0.3 is 0 Å². The minimum Gasteiger partial charge on any atom is -0.459 e. The summed E-state index contributed by atoms with van der Waals surface area (Å²) in [4.78, 5) is 30.9. The predicted octanol–water partition coefficient (Wildman–Crippen LogP) is 2.86. The summed E-state index contributed by atoms with van der Waals surface area (Å²) < 4.78 is 18.5. The molecule has 1 aromatic heterocycles. The van der Waals surface area contributed by atoms with Crippen molar-refractivity contribution < 1.29 is 18.4 Å². The second-order valence-electron chi connectivity index (χ2n) is 7.65. The number of amides is 2. The maximum absolute atomic E-state index is 13.2. The van der Waals surface area contributed by atoms with Gasteiger partial charge in [-0.25, -0.2) is 4.39 Å². The molecule has 7 heteroatoms. The molecule has 6 nitrogen and oxygen atoms in total. The van der Waals surface area contributed by atoms with Gasteiger partial charge in [0.1, 0.15) is 5.82 Å². The van der Waals surface area contributed by atoms with Crippen LogP contribution < -0.4 is 0 Å². The topological polar surface area (TPSA) is 57.0 Å². The second kappa shape index (κ2) is 9.69. The fraction of sp³-hybridized carbons (Fsp3) is 0.455. The summed E-state index contributed by atoms with van der Waals surface area (Å²) in [5.74, 6) is 0.00753. The third-order valence-corrected chi connectivity index (χ3v) is 5.17. The van der Waals surface area contributed by atoms with Crippen LogP contribution in [0.15, 0.2) is 47.1 Å². The van der Waals surface area contributed by atoms with Crippen LogP contribution in [0.2, 0.25) is 0 Å². The smallest absolute Gasteiger partial charge is 0.289 e. The molecule has 0 atom stereocenters. The van der Waals surface area contributed by atoms with Crippen LogP contribution in [0.25, 0.3) is 0 Å². The molecule has 0 unspecified atom stereocenters. The van der Waals surface area contributed by atoms with Gasteiger partial charge in [-0.05, 0) is 29.8 Å². The number of carbonyl (C=O) groups excluding carboxylic acids is 2. The zero-order chi connectivity index (χ0) is 20.8. The van der Waals surface area contributed by atoms with Crippen molar-refractivity contribution in [2.24, 2.45) is 5.92 Å². The zero-order valence-electron chi connectivity index (χ0n) is 17.0. The number of furan rings is 1. The van der Waals surface area contributed by atoms with Gasteiger partial charge in [-0.3, -0.25) is 14.5 Å². The number of rotatable bonds is 7. The molecule has 1 saturated heterocycles. The second-order valence-corrected chi connectivity index (χ2v) is 7.65. The van der Waals surface area contributed by atoms with Crippen molar-refractivity contribution in [1.82, 2.24) is 14.7 Å². The van der Waals surface area contributed by atoms with Gasteiger partial charge in [-0.2, -0.15) is 0 Å². The highest BCUT2D eigenvalue weighted by atomic mass is 19.1. The van der Waals surface area contributed by atoms with Gasteiger partial charge < -0.3 is 14.2 Å². The molecule has 0 aliphatic carbocycles. The van der Waals surface area contributed by atoms with Crippen LogP contribution in [-0.2, 0) is 11.3 Å². The van der Waals surface area contributed by atoms with Gasteiger partial charge in [-0.15, -0.1) is 0 Å². The van der Waals surface area contributed by atoms with Gasteiger partial charge in [-0.1, -0.05) is 26.0 Å². The molecule has 0 saturated carbocycles. The summed E-state index contributed by atoms with van der Waals surface area (Å²) in [5.41, 5.74) is 0.860. The van der Waals surface area contributed by atoms with Crippen molar-refractivity contribution in [2.45, 2.75) is 20.4 Å². The highest BCUT2D eigenvalue weighted by molar-refractivity contribution is 5.91. The molecular weight excluding hydrogens is 373 g/mol. The van der Waals surface area contributed by atoms with Crippen molar-refractivity contribution in [1.29, 1.82) is 0 Å². The lowest BCUT2D eigenvalue weighted by atomic mass is 10.1. The zero-order valence-corrected chi connectivity index (χ0v) is 17.0. The predicted molar refractivity (Wildman–Crippen MR) is 108 cm³/mol. The molecule has 1 aliphatic heterocycles. The first-order valence-electron chi connectivity index (χ1n) is 10.0. The molecule has 0 bridgehead atoms. The molecule has 0 spiro atoms. The van der Waals surface area contributed by atoms with E-state index in [0.717, 1.165) is 18.7 Å². The Morgan fingerprint density at radius 2 is 1.79 bits per heavy atom. The van der Waals surface area contributed by atoms with Gasteiger partial charge in [0, 0.05) is 51.7 Å². The SMILES string of the molecule is CC(C)C(=O)N1CCN(CCN(Cc2ccc(F)cc2)C(=O)c2ccco2)CC1. The van der Waals surface area contributed by atoms with E-state index in [1.54, 1.807) is 29.2 Å². The highest BCUT2D eigenvalue weighted by Gasteiger charge is 2.24. The van der Waals surface area contributed by atoms with Crippen LogP contribution in [-0.4, -0.2) is 65.8 Å². The lowest BCUT2D eigenvalue weighted by Gasteiger charge is -2.36. The van der Waals surface area contributed by atoms with Crippen molar-refractivity contribution in [2.75, 3.05) is 39.3 Å². The number of nitrogens with zero attached hydrogens (tertiary/aromatic N) is 3. The summed E-state index contributed by atoms with van der Waals surface area (Å²) in [6, 6.07) is 9.51. The van der Waals surface area contributed by atoms with Gasteiger partial charge in [0.05, 0.1) is 6.26 Å². The van der Waals surface area contributed by atoms with Crippen LogP contribution in [0, 0.1) is 11.7 Å². The summed E-state index contributed by atoms with van der Waals surface area (Å²) in [6.07, 6.45) is 1.48. The van der Waals surface area contributed by atoms with Crippen LogP contribution in [0.3, 0.4) is 0 Å². The quantitative estimate of drug-likeness (QED) is 0.716. The van der Waals surface area contributed by atoms with Crippen molar-refractivity contribution in [3.8, 4) is 0 Å². The Bertz CT molecular complexity index is 797. The number of hydrogen-bond donors (Lipinski definition) is 0. The van der Waals surface area contributed by atoms with Crippen LogP contribution in [0.4, 0.5) is 4.39 Å². The molecule has 2 heterocycles. The van der Waals surface area contributed by atoms with Crippen LogP contribution >= 0.6 is 0 Å². The maximum Gasteiger partial charge on any atom is 0.289 e. The van der Waals surface area contributed by atoms with Gasteiger partial charge in [0.2, 0.25) is 5.91 Å². The molecule has 1 aliphatic rings. The molecule has 2 amide bonds. The minimum atomic E-state index is -0.300. The van der Waals surface area contributed by atoms with E-state index in [1.807, 2.05) is 18.7 Å². The molecule has 1 fully saturated rings. The highest BCUT2D eigenvalue weighted by Crippen LogP contribution is 2.13. The van der Waals surface area contributed by atoms with E-state index < -0.39 is 0 Å². The molecule has 1 aromatic carbocycles. The molecular formula is C22H28FN3O3. The van der Waals surface area contributed by atoms with E-state index in [-0.39, 0.29) is 23.5 Å². The van der Waals surface area contributed by atoms with E-state index in [4.69, 9.17) is 4.42 Å². The molecule has 2 aromatic rings. The average Bonchev–Trinajstić information content (AvgIpc) is 3.26. The summed E-state index contributed by atoms with van der Waals surface area (Å²) in [7, 11) is 0. The first-order valence-corrected chi connectivity index (χ1v) is 10.0.